The van der Waals surface area contributed by atoms with Crippen LogP contribution in [0.25, 0.3) is 32.7 Å². The van der Waals surface area contributed by atoms with E-state index in [2.05, 4.69) is 88.4 Å². The maximum Gasteiger partial charge on any atom is 0.124 e. The molecule has 0 amide bonds. The molecule has 1 N–H and O–H groups in total. The molecule has 0 unspecified atom stereocenters. The summed E-state index contributed by atoms with van der Waals surface area (Å²) in [6.07, 6.45) is 0. The summed E-state index contributed by atoms with van der Waals surface area (Å²) < 4.78 is 0. The highest BCUT2D eigenvalue weighted by Gasteiger charge is 2.28. The molecule has 0 aromatic heterocycles. The molecule has 4 aromatic rings. The summed E-state index contributed by atoms with van der Waals surface area (Å²) in [6.45, 7) is 8.93. The van der Waals surface area contributed by atoms with Crippen molar-refractivity contribution in [2.24, 2.45) is 0 Å². The first-order valence-electron chi connectivity index (χ1n) is 10.6. The Morgan fingerprint density at radius 2 is 1.23 bits per heavy atom. The fourth-order valence-electron chi connectivity index (χ4n) is 5.08. The lowest BCUT2D eigenvalue weighted by Gasteiger charge is -2.21. The summed E-state index contributed by atoms with van der Waals surface area (Å²) in [4.78, 5) is 0. The number of rotatable bonds is 2. The Bertz CT molecular complexity index is 1360. The molecule has 30 heavy (non-hydrogen) atoms. The SMILES string of the molecule is CC1=C(C)C(c2ccccc2-c2c(O)ccc3cc4ccccc4cc23)C(C)=C1C. The van der Waals surface area contributed by atoms with E-state index in [9.17, 15) is 5.11 Å². The fourth-order valence-corrected chi connectivity index (χ4v) is 5.08. The zero-order chi connectivity index (χ0) is 21.0. The summed E-state index contributed by atoms with van der Waals surface area (Å²) >= 11 is 0. The summed E-state index contributed by atoms with van der Waals surface area (Å²) in [5.74, 6) is 0.594. The average molecular weight is 391 g/mol. The van der Waals surface area contributed by atoms with E-state index in [-0.39, 0.29) is 5.92 Å². The molecule has 0 heterocycles. The first kappa shape index (κ1) is 18.7. The molecule has 1 nitrogen and oxygen atoms in total. The van der Waals surface area contributed by atoms with Crippen LogP contribution >= 0.6 is 0 Å². The van der Waals surface area contributed by atoms with E-state index in [1.807, 2.05) is 12.1 Å². The molecular formula is C29H26O. The molecule has 1 heteroatoms. The van der Waals surface area contributed by atoms with E-state index in [1.54, 1.807) is 0 Å². The second-order valence-corrected chi connectivity index (χ2v) is 8.52. The number of benzene rings is 4. The second-order valence-electron chi connectivity index (χ2n) is 8.52. The largest absolute Gasteiger partial charge is 0.507 e. The van der Waals surface area contributed by atoms with Gasteiger partial charge < -0.3 is 5.11 Å². The van der Waals surface area contributed by atoms with E-state index < -0.39 is 0 Å². The molecule has 5 rings (SSSR count). The molecule has 0 saturated heterocycles. The zero-order valence-corrected chi connectivity index (χ0v) is 18.0. The summed E-state index contributed by atoms with van der Waals surface area (Å²) in [7, 11) is 0. The maximum atomic E-state index is 11.0. The average Bonchev–Trinajstić information content (AvgIpc) is 2.95. The monoisotopic (exact) mass is 390 g/mol. The maximum absolute atomic E-state index is 11.0. The van der Waals surface area contributed by atoms with Gasteiger partial charge in [0, 0.05) is 11.5 Å². The van der Waals surface area contributed by atoms with Gasteiger partial charge in [0.2, 0.25) is 0 Å². The van der Waals surface area contributed by atoms with Crippen LogP contribution < -0.4 is 0 Å². The number of hydrogen-bond acceptors (Lipinski definition) is 1. The Balaban J connectivity index is 1.83. The van der Waals surface area contributed by atoms with Crippen molar-refractivity contribution in [1.82, 2.24) is 0 Å². The number of allylic oxidation sites excluding steroid dienone is 4. The lowest BCUT2D eigenvalue weighted by atomic mass is 9.82. The fraction of sp³-hybridized carbons (Fsp3) is 0.172. The van der Waals surface area contributed by atoms with Crippen molar-refractivity contribution in [3.8, 4) is 16.9 Å². The Labute approximate surface area is 178 Å². The minimum atomic E-state index is 0.260. The first-order chi connectivity index (χ1) is 14.5. The number of aromatic hydroxyl groups is 1. The highest BCUT2D eigenvalue weighted by atomic mass is 16.3. The van der Waals surface area contributed by atoms with Crippen molar-refractivity contribution in [2.75, 3.05) is 0 Å². The standard InChI is InChI=1S/C29H26O/c1-17-18(2)20(4)28(19(17)3)24-11-7-8-12-25(24)29-26-16-22-10-6-5-9-21(22)15-23(26)13-14-27(29)30/h5-16,28,30H,1-4H3. The van der Waals surface area contributed by atoms with Crippen LogP contribution in [0.5, 0.6) is 5.75 Å². The quantitative estimate of drug-likeness (QED) is 0.342. The second kappa shape index (κ2) is 6.88. The number of hydrogen-bond donors (Lipinski definition) is 1. The molecular weight excluding hydrogens is 364 g/mol. The topological polar surface area (TPSA) is 20.2 Å². The van der Waals surface area contributed by atoms with Crippen LogP contribution in [0.1, 0.15) is 39.2 Å². The van der Waals surface area contributed by atoms with Gasteiger partial charge >= 0.3 is 0 Å². The molecule has 0 aliphatic heterocycles. The highest BCUT2D eigenvalue weighted by molar-refractivity contribution is 6.07. The van der Waals surface area contributed by atoms with Gasteiger partial charge in [-0.25, -0.2) is 0 Å². The van der Waals surface area contributed by atoms with Crippen LogP contribution in [0.3, 0.4) is 0 Å². The summed E-state index contributed by atoms with van der Waals surface area (Å²) in [6, 6.07) is 25.3. The van der Waals surface area contributed by atoms with Gasteiger partial charge in [-0.05, 0) is 89.7 Å². The van der Waals surface area contributed by atoms with Crippen LogP contribution in [0.2, 0.25) is 0 Å². The van der Waals surface area contributed by atoms with Gasteiger partial charge in [0.25, 0.3) is 0 Å². The highest BCUT2D eigenvalue weighted by Crippen LogP contribution is 2.48. The van der Waals surface area contributed by atoms with Crippen LogP contribution in [0.15, 0.2) is 95.1 Å². The van der Waals surface area contributed by atoms with Gasteiger partial charge in [0.1, 0.15) is 5.75 Å². The number of fused-ring (bicyclic) bond motifs is 2. The molecule has 0 saturated carbocycles. The van der Waals surface area contributed by atoms with Crippen LogP contribution in [-0.4, -0.2) is 5.11 Å². The third-order valence-electron chi connectivity index (χ3n) is 7.02. The molecule has 0 spiro atoms. The van der Waals surface area contributed by atoms with E-state index in [0.29, 0.717) is 5.75 Å². The van der Waals surface area contributed by atoms with E-state index in [0.717, 1.165) is 21.9 Å². The van der Waals surface area contributed by atoms with Crippen LogP contribution in [0.4, 0.5) is 0 Å². The molecule has 0 bridgehead atoms. The van der Waals surface area contributed by atoms with Gasteiger partial charge in [0.15, 0.2) is 0 Å². The third kappa shape index (κ3) is 2.69. The van der Waals surface area contributed by atoms with Crippen molar-refractivity contribution in [2.45, 2.75) is 33.6 Å². The van der Waals surface area contributed by atoms with Gasteiger partial charge in [0.05, 0.1) is 0 Å². The van der Waals surface area contributed by atoms with Crippen molar-refractivity contribution >= 4 is 21.5 Å². The number of phenolic OH excluding ortho intramolecular Hbond substituents is 1. The van der Waals surface area contributed by atoms with E-state index in [1.165, 1.54) is 38.6 Å². The summed E-state index contributed by atoms with van der Waals surface area (Å²) in [5, 5.41) is 15.7. The summed E-state index contributed by atoms with van der Waals surface area (Å²) in [5.41, 5.74) is 8.89. The lowest BCUT2D eigenvalue weighted by molar-refractivity contribution is 0.478. The van der Waals surface area contributed by atoms with Gasteiger partial charge in [-0.3, -0.25) is 0 Å². The molecule has 0 fully saturated rings. The normalized spacial score (nSPS) is 15.1. The van der Waals surface area contributed by atoms with E-state index >= 15 is 0 Å². The smallest absolute Gasteiger partial charge is 0.124 e. The first-order valence-corrected chi connectivity index (χ1v) is 10.6. The van der Waals surface area contributed by atoms with Gasteiger partial charge in [-0.2, -0.15) is 0 Å². The molecule has 0 atom stereocenters. The zero-order valence-electron chi connectivity index (χ0n) is 18.0. The minimum absolute atomic E-state index is 0.260. The van der Waals surface area contributed by atoms with Crippen LogP contribution in [-0.2, 0) is 0 Å². The predicted molar refractivity (Wildman–Crippen MR) is 128 cm³/mol. The Morgan fingerprint density at radius 3 is 1.93 bits per heavy atom. The van der Waals surface area contributed by atoms with Crippen molar-refractivity contribution in [3.63, 3.8) is 0 Å². The van der Waals surface area contributed by atoms with Gasteiger partial charge in [-0.1, -0.05) is 65.7 Å². The Kier molecular flexibility index (Phi) is 4.29. The molecule has 148 valence electrons. The van der Waals surface area contributed by atoms with E-state index in [4.69, 9.17) is 0 Å². The van der Waals surface area contributed by atoms with Crippen LogP contribution in [0, 0.1) is 0 Å². The molecule has 4 aromatic carbocycles. The molecule has 0 radical (unpaired) electrons. The Hall–Kier alpha value is -3.32. The Morgan fingerprint density at radius 1 is 0.633 bits per heavy atom. The molecule has 1 aliphatic rings. The predicted octanol–water partition coefficient (Wildman–Crippen LogP) is 8.14. The lowest BCUT2D eigenvalue weighted by Crippen LogP contribution is -2.02. The third-order valence-corrected chi connectivity index (χ3v) is 7.02. The van der Waals surface area contributed by atoms with Crippen molar-refractivity contribution in [1.29, 1.82) is 0 Å². The van der Waals surface area contributed by atoms with Gasteiger partial charge in [-0.15, -0.1) is 0 Å². The minimum Gasteiger partial charge on any atom is -0.507 e. The molecule has 1 aliphatic carbocycles. The van der Waals surface area contributed by atoms with Crippen molar-refractivity contribution < 1.29 is 5.11 Å². The van der Waals surface area contributed by atoms with Crippen molar-refractivity contribution in [3.05, 3.63) is 101 Å². The number of phenols is 1.